The normalized spacial score (nSPS) is 30.4. The van der Waals surface area contributed by atoms with Crippen molar-refractivity contribution in [3.05, 3.63) is 59.7 Å². The van der Waals surface area contributed by atoms with Crippen LogP contribution in [0.3, 0.4) is 0 Å². The van der Waals surface area contributed by atoms with Crippen LogP contribution in [0.15, 0.2) is 48.5 Å². The predicted octanol–water partition coefficient (Wildman–Crippen LogP) is 3.17. The molecule has 0 unspecified atom stereocenters. The summed E-state index contributed by atoms with van der Waals surface area (Å²) in [6.45, 7) is 1.34. The first-order valence-electron chi connectivity index (χ1n) is 7.53. The fourth-order valence-electron chi connectivity index (χ4n) is 3.56. The molecule has 4 nitrogen and oxygen atoms in total. The number of benzene rings is 2. The number of phenolic OH excluding ortho intramolecular Hbond substituents is 2. The van der Waals surface area contributed by atoms with E-state index < -0.39 is 0 Å². The van der Waals surface area contributed by atoms with E-state index in [4.69, 9.17) is 9.47 Å². The smallest absolute Gasteiger partial charge is 0.115 e. The van der Waals surface area contributed by atoms with E-state index in [1.54, 1.807) is 24.3 Å². The van der Waals surface area contributed by atoms with Crippen LogP contribution in [-0.4, -0.2) is 23.4 Å². The molecule has 114 valence electrons. The molecule has 22 heavy (non-hydrogen) atoms. The molecule has 0 aliphatic carbocycles. The summed E-state index contributed by atoms with van der Waals surface area (Å²) in [6, 6.07) is 14.4. The summed E-state index contributed by atoms with van der Waals surface area (Å²) in [5, 5.41) is 18.8. The van der Waals surface area contributed by atoms with Crippen molar-refractivity contribution < 1.29 is 19.7 Å². The summed E-state index contributed by atoms with van der Waals surface area (Å²) < 4.78 is 12.0. The van der Waals surface area contributed by atoms with Gasteiger partial charge in [-0.3, -0.25) is 0 Å². The molecule has 2 fully saturated rings. The van der Waals surface area contributed by atoms with Gasteiger partial charge in [0.1, 0.15) is 11.5 Å². The van der Waals surface area contributed by atoms with Gasteiger partial charge in [0.2, 0.25) is 0 Å². The zero-order valence-corrected chi connectivity index (χ0v) is 12.1. The van der Waals surface area contributed by atoms with Crippen molar-refractivity contribution >= 4 is 0 Å². The molecule has 4 atom stereocenters. The molecule has 2 aromatic carbocycles. The average molecular weight is 298 g/mol. The van der Waals surface area contributed by atoms with Crippen LogP contribution in [0.2, 0.25) is 0 Å². The zero-order valence-electron chi connectivity index (χ0n) is 12.1. The molecule has 2 heterocycles. The lowest BCUT2D eigenvalue weighted by atomic mass is 9.85. The Kier molecular flexibility index (Phi) is 3.28. The highest BCUT2D eigenvalue weighted by Gasteiger charge is 2.47. The number of phenols is 2. The first kappa shape index (κ1) is 13.6. The number of fused-ring (bicyclic) bond motifs is 1. The predicted molar refractivity (Wildman–Crippen MR) is 80.6 cm³/mol. The molecule has 4 heteroatoms. The number of hydrogen-bond acceptors (Lipinski definition) is 4. The van der Waals surface area contributed by atoms with Crippen molar-refractivity contribution in [1.82, 2.24) is 0 Å². The number of ether oxygens (including phenoxy) is 2. The van der Waals surface area contributed by atoms with Crippen LogP contribution in [0.25, 0.3) is 0 Å². The van der Waals surface area contributed by atoms with E-state index in [1.165, 1.54) is 0 Å². The summed E-state index contributed by atoms with van der Waals surface area (Å²) in [5.41, 5.74) is 2.17. The Balaban J connectivity index is 1.56. The first-order chi connectivity index (χ1) is 10.7. The van der Waals surface area contributed by atoms with Crippen LogP contribution < -0.4 is 0 Å². The molecule has 0 bridgehead atoms. The Hall–Kier alpha value is -2.04. The number of rotatable bonds is 2. The van der Waals surface area contributed by atoms with Gasteiger partial charge in [0, 0.05) is 11.8 Å². The maximum absolute atomic E-state index is 9.41. The Morgan fingerprint density at radius 1 is 0.636 bits per heavy atom. The van der Waals surface area contributed by atoms with Gasteiger partial charge in [0.25, 0.3) is 0 Å². The fraction of sp³-hybridized carbons (Fsp3) is 0.333. The summed E-state index contributed by atoms with van der Waals surface area (Å²) in [5.74, 6) is 1.18. The Morgan fingerprint density at radius 3 is 1.36 bits per heavy atom. The molecular formula is C18H18O4. The molecule has 0 saturated carbocycles. The highest BCUT2D eigenvalue weighted by Crippen LogP contribution is 2.50. The lowest BCUT2D eigenvalue weighted by molar-refractivity contribution is 0.0193. The van der Waals surface area contributed by atoms with E-state index in [-0.39, 0.29) is 23.7 Å². The maximum atomic E-state index is 9.41. The Morgan fingerprint density at radius 2 is 1.00 bits per heavy atom. The van der Waals surface area contributed by atoms with Gasteiger partial charge in [0.15, 0.2) is 0 Å². The van der Waals surface area contributed by atoms with Crippen LogP contribution in [-0.2, 0) is 9.47 Å². The first-order valence-corrected chi connectivity index (χ1v) is 7.53. The quantitative estimate of drug-likeness (QED) is 0.894. The molecule has 0 aromatic heterocycles. The summed E-state index contributed by atoms with van der Waals surface area (Å²) in [7, 11) is 0. The van der Waals surface area contributed by atoms with Crippen molar-refractivity contribution in [3.8, 4) is 11.5 Å². The third-order valence-electron chi connectivity index (χ3n) is 4.71. The Bertz CT molecular complexity index is 590. The van der Waals surface area contributed by atoms with E-state index in [0.29, 0.717) is 25.0 Å². The highest BCUT2D eigenvalue weighted by molar-refractivity contribution is 5.31. The van der Waals surface area contributed by atoms with Crippen molar-refractivity contribution in [2.24, 2.45) is 11.8 Å². The monoisotopic (exact) mass is 298 g/mol. The second-order valence-corrected chi connectivity index (χ2v) is 6.02. The molecule has 2 aromatic rings. The molecule has 2 aliphatic rings. The molecule has 2 saturated heterocycles. The van der Waals surface area contributed by atoms with Crippen LogP contribution >= 0.6 is 0 Å². The maximum Gasteiger partial charge on any atom is 0.115 e. The summed E-state index contributed by atoms with van der Waals surface area (Å²) >= 11 is 0. The van der Waals surface area contributed by atoms with Crippen LogP contribution in [0.5, 0.6) is 11.5 Å². The third kappa shape index (κ3) is 2.25. The second kappa shape index (κ2) is 5.30. The van der Waals surface area contributed by atoms with Gasteiger partial charge in [-0.05, 0) is 35.4 Å². The second-order valence-electron chi connectivity index (χ2n) is 6.02. The molecule has 0 amide bonds. The topological polar surface area (TPSA) is 58.9 Å². The SMILES string of the molecule is Oc1ccc([C@H]2OC[C@@H]3[C@H]2CO[C@H]3c2ccc(O)cc2)cc1. The fourth-order valence-corrected chi connectivity index (χ4v) is 3.56. The lowest BCUT2D eigenvalue weighted by Crippen LogP contribution is -2.14. The van der Waals surface area contributed by atoms with Gasteiger partial charge < -0.3 is 19.7 Å². The summed E-state index contributed by atoms with van der Waals surface area (Å²) in [6.07, 6.45) is 0.0421. The van der Waals surface area contributed by atoms with Gasteiger partial charge in [-0.1, -0.05) is 24.3 Å². The van der Waals surface area contributed by atoms with Crippen molar-refractivity contribution in [1.29, 1.82) is 0 Å². The minimum atomic E-state index is 0.0210. The van der Waals surface area contributed by atoms with Gasteiger partial charge >= 0.3 is 0 Å². The highest BCUT2D eigenvalue weighted by atomic mass is 16.5. The molecular weight excluding hydrogens is 280 g/mol. The van der Waals surface area contributed by atoms with E-state index in [1.807, 2.05) is 24.3 Å². The van der Waals surface area contributed by atoms with E-state index >= 15 is 0 Å². The van der Waals surface area contributed by atoms with E-state index in [0.717, 1.165) is 11.1 Å². The molecule has 2 aliphatic heterocycles. The van der Waals surface area contributed by atoms with Crippen LogP contribution in [0, 0.1) is 11.8 Å². The minimum absolute atomic E-state index is 0.0210. The van der Waals surface area contributed by atoms with Crippen LogP contribution in [0.4, 0.5) is 0 Å². The third-order valence-corrected chi connectivity index (χ3v) is 4.71. The van der Waals surface area contributed by atoms with Crippen molar-refractivity contribution in [3.63, 3.8) is 0 Å². The standard InChI is InChI=1S/C18H18O4/c19-13-5-1-11(2-6-13)17-15-9-22-18(16(15)10-21-17)12-3-7-14(20)8-4-12/h1-8,15-20H,9-10H2/t15-,16-,17-,18+/m1/s1. The van der Waals surface area contributed by atoms with Crippen molar-refractivity contribution in [2.45, 2.75) is 12.2 Å². The zero-order chi connectivity index (χ0) is 15.1. The lowest BCUT2D eigenvalue weighted by Gasteiger charge is -2.16. The molecule has 2 N–H and O–H groups in total. The van der Waals surface area contributed by atoms with Gasteiger partial charge in [0.05, 0.1) is 25.4 Å². The largest absolute Gasteiger partial charge is 0.508 e. The Labute approximate surface area is 128 Å². The molecule has 0 radical (unpaired) electrons. The van der Waals surface area contributed by atoms with E-state index in [9.17, 15) is 10.2 Å². The number of hydrogen-bond donors (Lipinski definition) is 2. The van der Waals surface area contributed by atoms with Crippen molar-refractivity contribution in [2.75, 3.05) is 13.2 Å². The summed E-state index contributed by atoms with van der Waals surface area (Å²) in [4.78, 5) is 0. The molecule has 4 rings (SSSR count). The average Bonchev–Trinajstić information content (AvgIpc) is 3.11. The molecule has 0 spiro atoms. The number of aromatic hydroxyl groups is 2. The van der Waals surface area contributed by atoms with Gasteiger partial charge in [-0.2, -0.15) is 0 Å². The van der Waals surface area contributed by atoms with Gasteiger partial charge in [-0.25, -0.2) is 0 Å². The van der Waals surface area contributed by atoms with Crippen LogP contribution in [0.1, 0.15) is 23.3 Å². The van der Waals surface area contributed by atoms with E-state index in [2.05, 4.69) is 0 Å². The minimum Gasteiger partial charge on any atom is -0.508 e. The van der Waals surface area contributed by atoms with Gasteiger partial charge in [-0.15, -0.1) is 0 Å².